The van der Waals surface area contributed by atoms with Gasteiger partial charge in [-0.05, 0) is 59.0 Å². The number of hydrogen-bond donors (Lipinski definition) is 1. The fourth-order valence-corrected chi connectivity index (χ4v) is 3.25. The molecule has 1 atom stereocenters. The first-order valence-corrected chi connectivity index (χ1v) is 8.45. The monoisotopic (exact) mass is 320 g/mol. The van der Waals surface area contributed by atoms with E-state index in [9.17, 15) is 9.59 Å². The van der Waals surface area contributed by atoms with E-state index < -0.39 is 17.1 Å². The molecule has 0 spiro atoms. The number of ether oxygens (including phenoxy) is 1. The Hall–Kier alpha value is -1.65. The van der Waals surface area contributed by atoms with Crippen LogP contribution < -0.4 is 5.32 Å². The predicted octanol–water partition coefficient (Wildman–Crippen LogP) is 3.14. The maximum atomic E-state index is 12.5. The molecule has 0 bridgehead atoms. The Morgan fingerprint density at radius 1 is 1.30 bits per heavy atom. The molecule has 1 heterocycles. The molecule has 0 aromatic carbocycles. The molecule has 0 saturated heterocycles. The Morgan fingerprint density at radius 2 is 1.91 bits per heavy atom. The second kappa shape index (κ2) is 6.46. The number of carbonyl (C=O) groups is 2. The maximum absolute atomic E-state index is 12.5. The summed E-state index contributed by atoms with van der Waals surface area (Å²) in [5, 5.41) is 2.84. The van der Waals surface area contributed by atoms with Crippen molar-refractivity contribution in [2.24, 2.45) is 10.9 Å². The van der Waals surface area contributed by atoms with Crippen LogP contribution in [0.25, 0.3) is 0 Å². The van der Waals surface area contributed by atoms with Crippen molar-refractivity contribution in [2.45, 2.75) is 77.9 Å². The van der Waals surface area contributed by atoms with Gasteiger partial charge < -0.3 is 10.1 Å². The van der Waals surface area contributed by atoms with Crippen molar-refractivity contribution in [1.29, 1.82) is 0 Å². The number of amides is 1. The standard InChI is InChI=1S/C18H28N2O3/c1-12(11-14(21)23-17(2,3)4)15-19-16(22)18(5,20-15)13-9-7-6-8-10-13/h11,13H,6-10H2,1-5H3,(H,19,20,22)/b12-11-. The molecule has 1 unspecified atom stereocenters. The summed E-state index contributed by atoms with van der Waals surface area (Å²) in [6.07, 6.45) is 7.03. The van der Waals surface area contributed by atoms with Crippen LogP contribution in [0.4, 0.5) is 0 Å². The van der Waals surface area contributed by atoms with Crippen molar-refractivity contribution in [3.8, 4) is 0 Å². The third-order valence-electron chi connectivity index (χ3n) is 4.55. The zero-order valence-corrected chi connectivity index (χ0v) is 14.9. The van der Waals surface area contributed by atoms with E-state index in [0.717, 1.165) is 25.7 Å². The number of aliphatic imine (C=N–C) groups is 1. The highest BCUT2D eigenvalue weighted by molar-refractivity contribution is 6.16. The zero-order chi connectivity index (χ0) is 17.3. The summed E-state index contributed by atoms with van der Waals surface area (Å²) in [6, 6.07) is 0. The minimum Gasteiger partial charge on any atom is -0.457 e. The van der Waals surface area contributed by atoms with Gasteiger partial charge in [0.15, 0.2) is 0 Å². The van der Waals surface area contributed by atoms with Crippen molar-refractivity contribution in [3.63, 3.8) is 0 Å². The average molecular weight is 320 g/mol. The number of amidine groups is 1. The highest BCUT2D eigenvalue weighted by Crippen LogP contribution is 2.37. The van der Waals surface area contributed by atoms with Crippen molar-refractivity contribution in [3.05, 3.63) is 11.6 Å². The van der Waals surface area contributed by atoms with Crippen LogP contribution in [0.2, 0.25) is 0 Å². The summed E-state index contributed by atoms with van der Waals surface area (Å²) in [7, 11) is 0. The van der Waals surface area contributed by atoms with Crippen LogP contribution in [0.15, 0.2) is 16.6 Å². The first-order valence-electron chi connectivity index (χ1n) is 8.45. The largest absolute Gasteiger partial charge is 0.457 e. The lowest BCUT2D eigenvalue weighted by Gasteiger charge is -2.32. The summed E-state index contributed by atoms with van der Waals surface area (Å²) in [5.74, 6) is 0.298. The SMILES string of the molecule is C/C(=C/C(=O)OC(C)(C)C)C1=NC(C)(C2CCCCC2)C(=O)N1. The average Bonchev–Trinajstić information content (AvgIpc) is 2.75. The van der Waals surface area contributed by atoms with E-state index in [1.54, 1.807) is 6.92 Å². The Morgan fingerprint density at radius 3 is 2.48 bits per heavy atom. The zero-order valence-electron chi connectivity index (χ0n) is 14.9. The number of carbonyl (C=O) groups excluding carboxylic acids is 2. The second-order valence-electron chi connectivity index (χ2n) is 7.76. The number of nitrogens with zero attached hydrogens (tertiary/aromatic N) is 1. The van der Waals surface area contributed by atoms with Crippen LogP contribution in [-0.2, 0) is 14.3 Å². The minimum absolute atomic E-state index is 0.0589. The normalized spacial score (nSPS) is 26.7. The molecule has 2 aliphatic rings. The summed E-state index contributed by atoms with van der Waals surface area (Å²) in [4.78, 5) is 29.0. The van der Waals surface area contributed by atoms with Crippen molar-refractivity contribution >= 4 is 17.7 Å². The molecule has 128 valence electrons. The van der Waals surface area contributed by atoms with E-state index in [4.69, 9.17) is 4.74 Å². The fourth-order valence-electron chi connectivity index (χ4n) is 3.25. The summed E-state index contributed by atoms with van der Waals surface area (Å²) in [5.41, 5.74) is -0.614. The lowest BCUT2D eigenvalue weighted by molar-refractivity contribution is -0.148. The van der Waals surface area contributed by atoms with E-state index >= 15 is 0 Å². The first kappa shape index (κ1) is 17.7. The van der Waals surface area contributed by atoms with Gasteiger partial charge in [-0.1, -0.05) is 19.3 Å². The molecule has 1 aliphatic heterocycles. The van der Waals surface area contributed by atoms with Crippen molar-refractivity contribution < 1.29 is 14.3 Å². The van der Waals surface area contributed by atoms with Crippen molar-refractivity contribution in [1.82, 2.24) is 5.32 Å². The molecule has 5 nitrogen and oxygen atoms in total. The molecular formula is C18H28N2O3. The van der Waals surface area contributed by atoms with Crippen LogP contribution in [0.1, 0.15) is 66.7 Å². The van der Waals surface area contributed by atoms with Gasteiger partial charge in [-0.25, -0.2) is 4.79 Å². The molecule has 0 aromatic heterocycles. The molecule has 1 amide bonds. The van der Waals surface area contributed by atoms with Crippen LogP contribution in [0.3, 0.4) is 0 Å². The lowest BCUT2D eigenvalue weighted by Crippen LogP contribution is -2.44. The van der Waals surface area contributed by atoms with E-state index in [1.807, 2.05) is 27.7 Å². The molecule has 0 aromatic rings. The quantitative estimate of drug-likeness (QED) is 0.641. The molecule has 1 fully saturated rings. The van der Waals surface area contributed by atoms with Gasteiger partial charge in [0.1, 0.15) is 17.0 Å². The molecular weight excluding hydrogens is 292 g/mol. The second-order valence-corrected chi connectivity index (χ2v) is 7.76. The van der Waals surface area contributed by atoms with Gasteiger partial charge in [0.25, 0.3) is 5.91 Å². The number of rotatable bonds is 3. The highest BCUT2D eigenvalue weighted by Gasteiger charge is 2.45. The molecule has 1 saturated carbocycles. The number of nitrogens with one attached hydrogen (secondary N) is 1. The van der Waals surface area contributed by atoms with E-state index in [0.29, 0.717) is 11.4 Å². The Kier molecular flexibility index (Phi) is 4.97. The molecule has 0 radical (unpaired) electrons. The topological polar surface area (TPSA) is 67.8 Å². The van der Waals surface area contributed by atoms with E-state index in [-0.39, 0.29) is 11.8 Å². The number of esters is 1. The van der Waals surface area contributed by atoms with Crippen molar-refractivity contribution in [2.75, 3.05) is 0 Å². The Bertz CT molecular complexity index is 551. The van der Waals surface area contributed by atoms with Gasteiger partial charge in [-0.2, -0.15) is 0 Å². The number of hydrogen-bond acceptors (Lipinski definition) is 4. The van der Waals surface area contributed by atoms with Gasteiger partial charge in [0, 0.05) is 6.08 Å². The van der Waals surface area contributed by atoms with Crippen LogP contribution in [-0.4, -0.2) is 28.9 Å². The molecule has 5 heteroatoms. The maximum Gasteiger partial charge on any atom is 0.331 e. The van der Waals surface area contributed by atoms with Gasteiger partial charge in [-0.3, -0.25) is 9.79 Å². The summed E-state index contributed by atoms with van der Waals surface area (Å²) in [6.45, 7) is 9.15. The Balaban J connectivity index is 2.15. The fraction of sp³-hybridized carbons (Fsp3) is 0.722. The third-order valence-corrected chi connectivity index (χ3v) is 4.55. The van der Waals surface area contributed by atoms with E-state index in [1.165, 1.54) is 12.5 Å². The summed E-state index contributed by atoms with van der Waals surface area (Å²) < 4.78 is 5.28. The summed E-state index contributed by atoms with van der Waals surface area (Å²) >= 11 is 0. The van der Waals surface area contributed by atoms with Gasteiger partial charge in [0.05, 0.1) is 0 Å². The van der Waals surface area contributed by atoms with E-state index in [2.05, 4.69) is 10.3 Å². The van der Waals surface area contributed by atoms with Crippen LogP contribution >= 0.6 is 0 Å². The predicted molar refractivity (Wildman–Crippen MR) is 90.2 cm³/mol. The Labute approximate surface area is 138 Å². The smallest absolute Gasteiger partial charge is 0.331 e. The van der Waals surface area contributed by atoms with Gasteiger partial charge in [-0.15, -0.1) is 0 Å². The third kappa shape index (κ3) is 4.21. The molecule has 2 rings (SSSR count). The van der Waals surface area contributed by atoms with Gasteiger partial charge in [0.2, 0.25) is 0 Å². The minimum atomic E-state index is -0.710. The van der Waals surface area contributed by atoms with Crippen LogP contribution in [0, 0.1) is 5.92 Å². The first-order chi connectivity index (χ1) is 10.6. The molecule has 1 N–H and O–H groups in total. The van der Waals surface area contributed by atoms with Crippen LogP contribution in [0.5, 0.6) is 0 Å². The molecule has 1 aliphatic carbocycles. The highest BCUT2D eigenvalue weighted by atomic mass is 16.6. The molecule has 23 heavy (non-hydrogen) atoms. The van der Waals surface area contributed by atoms with Gasteiger partial charge >= 0.3 is 5.97 Å². The lowest BCUT2D eigenvalue weighted by atomic mass is 9.76.